The third-order valence-electron chi connectivity index (χ3n) is 8.89. The quantitative estimate of drug-likeness (QED) is 0.388. The highest BCUT2D eigenvalue weighted by Gasteiger charge is 2.67. The highest BCUT2D eigenvalue weighted by Crippen LogP contribution is 2.71. The predicted molar refractivity (Wildman–Crippen MR) is 131 cm³/mol. The normalized spacial score (nSPS) is 28.2. The van der Waals surface area contributed by atoms with Gasteiger partial charge in [-0.2, -0.15) is 0 Å². The topological polar surface area (TPSA) is 129 Å². The third-order valence-corrected chi connectivity index (χ3v) is 8.89. The Hall–Kier alpha value is -2.70. The number of phenolic OH excluding ortho intramolecular Hbond substituents is 3. The summed E-state index contributed by atoms with van der Waals surface area (Å²) in [5, 5.41) is 32.4. The number of hydrogen-bond donors (Lipinski definition) is 3. The molecule has 0 bridgehead atoms. The molecule has 3 rings (SSSR count). The molecule has 4 unspecified atom stereocenters. The van der Waals surface area contributed by atoms with E-state index in [-0.39, 0.29) is 58.8 Å². The zero-order valence-corrected chi connectivity index (χ0v) is 21.6. The van der Waals surface area contributed by atoms with Crippen LogP contribution in [0.3, 0.4) is 0 Å². The average Bonchev–Trinajstić information content (AvgIpc) is 3.14. The van der Waals surface area contributed by atoms with Crippen molar-refractivity contribution in [3.05, 3.63) is 16.7 Å². The Morgan fingerprint density at radius 1 is 1.03 bits per heavy atom. The van der Waals surface area contributed by atoms with E-state index in [0.29, 0.717) is 32.1 Å². The van der Waals surface area contributed by atoms with Crippen LogP contribution in [0.5, 0.6) is 17.2 Å². The van der Waals surface area contributed by atoms with E-state index in [4.69, 9.17) is 0 Å². The van der Waals surface area contributed by atoms with Crippen molar-refractivity contribution < 1.29 is 34.5 Å². The Balaban J connectivity index is 2.18. The monoisotopic (exact) mass is 486 g/mol. The van der Waals surface area contributed by atoms with Crippen molar-refractivity contribution in [2.24, 2.45) is 34.5 Å². The number of aromatic hydroxyl groups is 3. The van der Waals surface area contributed by atoms with Gasteiger partial charge in [-0.1, -0.05) is 34.6 Å². The first-order chi connectivity index (χ1) is 16.2. The lowest BCUT2D eigenvalue weighted by atomic mass is 9.62. The van der Waals surface area contributed by atoms with E-state index in [9.17, 15) is 34.5 Å². The summed E-state index contributed by atoms with van der Waals surface area (Å²) in [5.41, 5.74) is -1.64. The number of Topliss-reactive ketones (excluding diaryl/α,β-unsaturated/α-hetero) is 2. The van der Waals surface area contributed by atoms with Crippen molar-refractivity contribution >= 4 is 24.1 Å². The summed E-state index contributed by atoms with van der Waals surface area (Å²) < 4.78 is 0. The minimum Gasteiger partial charge on any atom is -0.507 e. The third kappa shape index (κ3) is 4.38. The van der Waals surface area contributed by atoms with E-state index in [1.54, 1.807) is 6.92 Å². The zero-order chi connectivity index (χ0) is 26.5. The molecule has 35 heavy (non-hydrogen) atoms. The number of rotatable bonds is 10. The lowest BCUT2D eigenvalue weighted by Gasteiger charge is -2.41. The molecule has 0 saturated heterocycles. The summed E-state index contributed by atoms with van der Waals surface area (Å²) in [4.78, 5) is 48.5. The maximum Gasteiger partial charge on any atom is 0.157 e. The Labute approximate surface area is 206 Å². The van der Waals surface area contributed by atoms with Gasteiger partial charge in [0.25, 0.3) is 0 Å². The molecule has 0 aliphatic heterocycles. The first-order valence-electron chi connectivity index (χ1n) is 12.5. The van der Waals surface area contributed by atoms with E-state index in [1.807, 2.05) is 20.8 Å². The Morgan fingerprint density at radius 3 is 2.03 bits per heavy atom. The zero-order valence-electron chi connectivity index (χ0n) is 21.6. The number of aldehydes is 2. The number of benzene rings is 1. The molecule has 0 spiro atoms. The largest absolute Gasteiger partial charge is 0.507 e. The van der Waals surface area contributed by atoms with Gasteiger partial charge in [0.1, 0.15) is 28.8 Å². The van der Waals surface area contributed by atoms with Crippen LogP contribution in [-0.2, 0) is 9.59 Å². The van der Waals surface area contributed by atoms with Crippen molar-refractivity contribution in [2.45, 2.75) is 79.6 Å². The van der Waals surface area contributed by atoms with Gasteiger partial charge in [-0.25, -0.2) is 0 Å². The number of hydrogen-bond acceptors (Lipinski definition) is 7. The Morgan fingerprint density at radius 2 is 1.57 bits per heavy atom. The maximum atomic E-state index is 13.4. The molecular formula is C28H38O7. The molecule has 192 valence electrons. The molecule has 7 heteroatoms. The fourth-order valence-electron chi connectivity index (χ4n) is 6.94. The van der Waals surface area contributed by atoms with Crippen molar-refractivity contribution in [3.8, 4) is 17.2 Å². The lowest BCUT2D eigenvalue weighted by molar-refractivity contribution is -0.123. The molecular weight excluding hydrogens is 448 g/mol. The molecule has 2 aliphatic carbocycles. The summed E-state index contributed by atoms with van der Waals surface area (Å²) in [7, 11) is 0. The molecule has 0 aromatic heterocycles. The van der Waals surface area contributed by atoms with E-state index in [2.05, 4.69) is 13.8 Å². The van der Waals surface area contributed by atoms with Crippen LogP contribution in [0.2, 0.25) is 0 Å². The average molecular weight is 487 g/mol. The van der Waals surface area contributed by atoms with E-state index < -0.39 is 39.7 Å². The van der Waals surface area contributed by atoms with Gasteiger partial charge in [0, 0.05) is 24.3 Å². The van der Waals surface area contributed by atoms with Crippen LogP contribution in [0, 0.1) is 34.5 Å². The van der Waals surface area contributed by atoms with Crippen LogP contribution in [0.15, 0.2) is 0 Å². The van der Waals surface area contributed by atoms with Crippen LogP contribution in [0.4, 0.5) is 0 Å². The summed E-state index contributed by atoms with van der Waals surface area (Å²) >= 11 is 0. The Kier molecular flexibility index (Phi) is 7.22. The van der Waals surface area contributed by atoms with Crippen LogP contribution in [0.25, 0.3) is 0 Å². The van der Waals surface area contributed by atoms with Crippen LogP contribution in [0.1, 0.15) is 106 Å². The van der Waals surface area contributed by atoms with Crippen LogP contribution in [-0.4, -0.2) is 39.5 Å². The molecule has 7 nitrogen and oxygen atoms in total. The van der Waals surface area contributed by atoms with Gasteiger partial charge in [-0.05, 0) is 60.7 Å². The molecule has 2 saturated carbocycles. The van der Waals surface area contributed by atoms with Crippen molar-refractivity contribution in [3.63, 3.8) is 0 Å². The molecule has 2 fully saturated rings. The summed E-state index contributed by atoms with van der Waals surface area (Å²) in [5.74, 6) is -2.13. The van der Waals surface area contributed by atoms with Gasteiger partial charge in [0.05, 0.1) is 11.1 Å². The first-order valence-corrected chi connectivity index (χ1v) is 12.5. The summed E-state index contributed by atoms with van der Waals surface area (Å²) in [6.45, 7) is 11.8. The number of ketones is 2. The SMILES string of the molecule is CC(=O)CCC1C(C2C(=O)CC[C@]2(C)C(CC(C)C)c2c(O)c(C=O)c(O)c(C=O)c2O)C1(C)C. The summed E-state index contributed by atoms with van der Waals surface area (Å²) in [6.07, 6.45) is 3.11. The second-order valence-corrected chi connectivity index (χ2v) is 11.8. The highest BCUT2D eigenvalue weighted by molar-refractivity contribution is 5.95. The van der Waals surface area contributed by atoms with Crippen molar-refractivity contribution in [1.29, 1.82) is 0 Å². The number of phenols is 3. The van der Waals surface area contributed by atoms with Gasteiger partial charge < -0.3 is 20.1 Å². The minimum atomic E-state index is -0.756. The molecule has 0 heterocycles. The lowest BCUT2D eigenvalue weighted by Crippen LogP contribution is -2.36. The van der Waals surface area contributed by atoms with Gasteiger partial charge in [-0.15, -0.1) is 0 Å². The minimum absolute atomic E-state index is 0.0432. The molecule has 1 aromatic carbocycles. The van der Waals surface area contributed by atoms with E-state index in [0.717, 1.165) is 0 Å². The highest BCUT2D eigenvalue weighted by atomic mass is 16.3. The molecule has 5 atom stereocenters. The second kappa shape index (κ2) is 9.40. The van der Waals surface area contributed by atoms with Crippen molar-refractivity contribution in [1.82, 2.24) is 0 Å². The molecule has 2 aliphatic rings. The summed E-state index contributed by atoms with van der Waals surface area (Å²) in [6, 6.07) is 0. The predicted octanol–water partition coefficient (Wildman–Crippen LogP) is 5.18. The fourth-order valence-corrected chi connectivity index (χ4v) is 6.94. The fraction of sp³-hybridized carbons (Fsp3) is 0.643. The Bertz CT molecular complexity index is 1020. The molecule has 3 N–H and O–H groups in total. The van der Waals surface area contributed by atoms with Crippen molar-refractivity contribution in [2.75, 3.05) is 0 Å². The molecule has 1 aromatic rings. The maximum absolute atomic E-state index is 13.4. The van der Waals surface area contributed by atoms with Gasteiger partial charge in [0.2, 0.25) is 0 Å². The molecule has 0 amide bonds. The van der Waals surface area contributed by atoms with Crippen LogP contribution < -0.4 is 0 Å². The van der Waals surface area contributed by atoms with Crippen LogP contribution >= 0.6 is 0 Å². The molecule has 0 radical (unpaired) electrons. The van der Waals surface area contributed by atoms with Gasteiger partial charge in [-0.3, -0.25) is 14.4 Å². The smallest absolute Gasteiger partial charge is 0.157 e. The first kappa shape index (κ1) is 26.9. The second-order valence-electron chi connectivity index (χ2n) is 11.8. The van der Waals surface area contributed by atoms with E-state index in [1.165, 1.54) is 0 Å². The number of carbonyl (C=O) groups excluding carboxylic acids is 4. The number of carbonyl (C=O) groups is 4. The van der Waals surface area contributed by atoms with E-state index >= 15 is 0 Å². The van der Waals surface area contributed by atoms with Gasteiger partial charge in [0.15, 0.2) is 12.6 Å². The standard InChI is InChI=1S/C28H38O7/c1-14(2)11-19(21-25(34)16(12-29)24(33)17(13-30)26(21)35)28(6)10-9-20(32)23(28)22-18(27(22,4)5)8-7-15(3)31/h12-14,18-19,22-23,33-35H,7-11H2,1-6H3/t18?,19?,22?,23?,28-/m1/s1. The van der Waals surface area contributed by atoms with Gasteiger partial charge >= 0.3 is 0 Å².